The third-order valence-electron chi connectivity index (χ3n) is 3.88. The maximum absolute atomic E-state index is 12.2. The number of anilines is 1. The topological polar surface area (TPSA) is 120 Å². The summed E-state index contributed by atoms with van der Waals surface area (Å²) in [6, 6.07) is 11.6. The molecule has 0 bridgehead atoms. The van der Waals surface area contributed by atoms with E-state index >= 15 is 0 Å². The van der Waals surface area contributed by atoms with Gasteiger partial charge in [0.05, 0.1) is 10.5 Å². The molecular weight excluding hydrogens is 352 g/mol. The molecule has 0 amide bonds. The number of hydrogen-bond donors (Lipinski definition) is 1. The van der Waals surface area contributed by atoms with Crippen LogP contribution in [-0.2, 0) is 11.3 Å². The van der Waals surface area contributed by atoms with Gasteiger partial charge in [-0.1, -0.05) is 29.4 Å². The van der Waals surface area contributed by atoms with E-state index in [9.17, 15) is 14.9 Å². The zero-order chi connectivity index (χ0) is 19.4. The number of carbonyl (C=O) groups is 1. The number of aryl methyl sites for hydroxylation is 1. The standard InChI is InChI=1S/C18H16N4O5/c1-11-5-3-4-6-13(11)17-20-16(27-21-17)10-26-18(23)12-7-8-14(19-2)15(9-12)22(24)25/h3-9,19H,10H2,1-2H3. The molecular formula is C18H16N4O5. The van der Waals surface area contributed by atoms with Crippen molar-refractivity contribution in [1.29, 1.82) is 0 Å². The first-order valence-corrected chi connectivity index (χ1v) is 8.01. The Bertz CT molecular complexity index is 999. The zero-order valence-corrected chi connectivity index (χ0v) is 14.6. The average molecular weight is 368 g/mol. The van der Waals surface area contributed by atoms with Crippen LogP contribution in [0.5, 0.6) is 0 Å². The molecule has 0 spiro atoms. The van der Waals surface area contributed by atoms with Crippen LogP contribution < -0.4 is 5.32 Å². The number of benzene rings is 2. The normalized spacial score (nSPS) is 10.4. The van der Waals surface area contributed by atoms with Gasteiger partial charge in [0.1, 0.15) is 5.69 Å². The highest BCUT2D eigenvalue weighted by Crippen LogP contribution is 2.25. The van der Waals surface area contributed by atoms with Crippen LogP contribution in [0.25, 0.3) is 11.4 Å². The molecule has 0 aliphatic heterocycles. The van der Waals surface area contributed by atoms with E-state index in [0.717, 1.165) is 17.2 Å². The first-order chi connectivity index (χ1) is 13.0. The Morgan fingerprint density at radius 3 is 2.78 bits per heavy atom. The number of aromatic nitrogens is 2. The van der Waals surface area contributed by atoms with Crippen molar-refractivity contribution in [2.45, 2.75) is 13.5 Å². The lowest BCUT2D eigenvalue weighted by molar-refractivity contribution is -0.384. The Labute approximate surface area is 154 Å². The largest absolute Gasteiger partial charge is 0.452 e. The summed E-state index contributed by atoms with van der Waals surface area (Å²) >= 11 is 0. The van der Waals surface area contributed by atoms with E-state index in [1.54, 1.807) is 7.05 Å². The number of carbonyl (C=O) groups excluding carboxylic acids is 1. The van der Waals surface area contributed by atoms with Crippen molar-refractivity contribution in [3.8, 4) is 11.4 Å². The Morgan fingerprint density at radius 1 is 1.30 bits per heavy atom. The fraction of sp³-hybridized carbons (Fsp3) is 0.167. The summed E-state index contributed by atoms with van der Waals surface area (Å²) in [5.74, 6) is -0.201. The van der Waals surface area contributed by atoms with Crippen molar-refractivity contribution in [1.82, 2.24) is 10.1 Å². The van der Waals surface area contributed by atoms with E-state index < -0.39 is 10.9 Å². The Balaban J connectivity index is 1.71. The average Bonchev–Trinajstić information content (AvgIpc) is 3.14. The third-order valence-corrected chi connectivity index (χ3v) is 3.88. The van der Waals surface area contributed by atoms with Gasteiger partial charge in [0, 0.05) is 18.7 Å². The number of esters is 1. The molecule has 3 aromatic rings. The molecule has 3 rings (SSSR count). The minimum absolute atomic E-state index is 0.0549. The number of nitro benzene ring substituents is 1. The van der Waals surface area contributed by atoms with Crippen molar-refractivity contribution in [3.05, 3.63) is 69.6 Å². The van der Waals surface area contributed by atoms with E-state index in [1.807, 2.05) is 31.2 Å². The molecule has 1 heterocycles. The van der Waals surface area contributed by atoms with Crippen LogP contribution in [-0.4, -0.2) is 28.1 Å². The second kappa shape index (κ2) is 7.65. The van der Waals surface area contributed by atoms with Crippen molar-refractivity contribution in [2.75, 3.05) is 12.4 Å². The molecule has 0 aliphatic carbocycles. The van der Waals surface area contributed by atoms with Gasteiger partial charge < -0.3 is 14.6 Å². The molecule has 138 valence electrons. The highest BCUT2D eigenvalue weighted by Gasteiger charge is 2.19. The number of nitrogens with zero attached hydrogens (tertiary/aromatic N) is 3. The van der Waals surface area contributed by atoms with Crippen molar-refractivity contribution in [2.24, 2.45) is 0 Å². The van der Waals surface area contributed by atoms with Crippen LogP contribution in [0.3, 0.4) is 0 Å². The molecule has 0 fully saturated rings. The van der Waals surface area contributed by atoms with Gasteiger partial charge in [0.2, 0.25) is 5.82 Å². The third kappa shape index (κ3) is 3.92. The number of nitro groups is 1. The quantitative estimate of drug-likeness (QED) is 0.399. The number of rotatable bonds is 6. The maximum Gasteiger partial charge on any atom is 0.338 e. The molecule has 0 aliphatic rings. The first kappa shape index (κ1) is 18.1. The highest BCUT2D eigenvalue weighted by molar-refractivity contribution is 5.91. The van der Waals surface area contributed by atoms with E-state index in [2.05, 4.69) is 15.5 Å². The number of ether oxygens (including phenoxy) is 1. The monoisotopic (exact) mass is 368 g/mol. The molecule has 0 unspecified atom stereocenters. The van der Waals surface area contributed by atoms with Crippen LogP contribution in [0.4, 0.5) is 11.4 Å². The molecule has 27 heavy (non-hydrogen) atoms. The number of nitrogens with one attached hydrogen (secondary N) is 1. The van der Waals surface area contributed by atoms with Crippen molar-refractivity contribution in [3.63, 3.8) is 0 Å². The minimum Gasteiger partial charge on any atom is -0.452 e. The molecule has 1 N–H and O–H groups in total. The highest BCUT2D eigenvalue weighted by atomic mass is 16.6. The van der Waals surface area contributed by atoms with Gasteiger partial charge in [-0.3, -0.25) is 10.1 Å². The SMILES string of the molecule is CNc1ccc(C(=O)OCc2nc(-c3ccccc3C)no2)cc1[N+](=O)[O-]. The van der Waals surface area contributed by atoms with Gasteiger partial charge >= 0.3 is 5.97 Å². The van der Waals surface area contributed by atoms with Gasteiger partial charge in [-0.15, -0.1) is 0 Å². The van der Waals surface area contributed by atoms with Crippen LogP contribution in [0.1, 0.15) is 21.8 Å². The first-order valence-electron chi connectivity index (χ1n) is 8.01. The smallest absolute Gasteiger partial charge is 0.338 e. The predicted octanol–water partition coefficient (Wildman–Crippen LogP) is 3.35. The molecule has 9 nitrogen and oxygen atoms in total. The summed E-state index contributed by atoms with van der Waals surface area (Å²) in [5, 5.41) is 17.7. The summed E-state index contributed by atoms with van der Waals surface area (Å²) in [7, 11) is 1.56. The minimum atomic E-state index is -0.726. The van der Waals surface area contributed by atoms with Crippen molar-refractivity contribution >= 4 is 17.3 Å². The summed E-state index contributed by atoms with van der Waals surface area (Å²) in [5.41, 5.74) is 1.94. The predicted molar refractivity (Wildman–Crippen MR) is 96.2 cm³/mol. The molecule has 1 aromatic heterocycles. The lowest BCUT2D eigenvalue weighted by atomic mass is 10.1. The Morgan fingerprint density at radius 2 is 2.07 bits per heavy atom. The van der Waals surface area contributed by atoms with E-state index in [4.69, 9.17) is 9.26 Å². The summed E-state index contributed by atoms with van der Waals surface area (Å²) in [4.78, 5) is 26.9. The van der Waals surface area contributed by atoms with Gasteiger partial charge in [-0.2, -0.15) is 4.98 Å². The zero-order valence-electron chi connectivity index (χ0n) is 14.6. The maximum atomic E-state index is 12.2. The Hall–Kier alpha value is -3.75. The van der Waals surface area contributed by atoms with Gasteiger partial charge in [-0.25, -0.2) is 4.79 Å². The fourth-order valence-corrected chi connectivity index (χ4v) is 2.48. The van der Waals surface area contributed by atoms with E-state index in [-0.39, 0.29) is 23.7 Å². The van der Waals surface area contributed by atoms with Gasteiger partial charge in [0.25, 0.3) is 11.6 Å². The summed E-state index contributed by atoms with van der Waals surface area (Å²) in [6.07, 6.45) is 0. The van der Waals surface area contributed by atoms with Crippen molar-refractivity contribution < 1.29 is 19.0 Å². The van der Waals surface area contributed by atoms with E-state index in [1.165, 1.54) is 12.1 Å². The summed E-state index contributed by atoms with van der Waals surface area (Å²) in [6.45, 7) is 1.69. The van der Waals surface area contributed by atoms with Crippen LogP contribution in [0, 0.1) is 17.0 Å². The van der Waals surface area contributed by atoms with Gasteiger partial charge in [0.15, 0.2) is 6.61 Å². The van der Waals surface area contributed by atoms with Gasteiger partial charge in [-0.05, 0) is 24.6 Å². The lowest BCUT2D eigenvalue weighted by Crippen LogP contribution is -2.07. The van der Waals surface area contributed by atoms with Crippen LogP contribution in [0.2, 0.25) is 0 Å². The summed E-state index contributed by atoms with van der Waals surface area (Å²) < 4.78 is 10.2. The van der Waals surface area contributed by atoms with Crippen LogP contribution >= 0.6 is 0 Å². The van der Waals surface area contributed by atoms with E-state index in [0.29, 0.717) is 11.5 Å². The second-order valence-corrected chi connectivity index (χ2v) is 5.64. The Kier molecular flexibility index (Phi) is 5.11. The molecule has 2 aromatic carbocycles. The van der Waals surface area contributed by atoms with Crippen LogP contribution in [0.15, 0.2) is 47.0 Å². The second-order valence-electron chi connectivity index (χ2n) is 5.64. The molecule has 0 atom stereocenters. The molecule has 0 radical (unpaired) electrons. The molecule has 0 saturated heterocycles. The lowest BCUT2D eigenvalue weighted by Gasteiger charge is -2.05. The molecule has 0 saturated carbocycles. The fourth-order valence-electron chi connectivity index (χ4n) is 2.48. The molecule has 9 heteroatoms. The number of hydrogen-bond acceptors (Lipinski definition) is 8.